The number of allylic oxidation sites excluding steroid dienone is 3. The van der Waals surface area contributed by atoms with Gasteiger partial charge in [0, 0.05) is 49.9 Å². The fraction of sp³-hybridized carbons (Fsp3) is 0.652. The van der Waals surface area contributed by atoms with Crippen LogP contribution in [0.3, 0.4) is 0 Å². The maximum Gasteiger partial charge on any atom is 0.204 e. The summed E-state index contributed by atoms with van der Waals surface area (Å²) in [4.78, 5) is 5.02. The first-order valence-electron chi connectivity index (χ1n) is 11.4. The second-order valence-electron chi connectivity index (χ2n) is 8.29. The molecule has 30 heavy (non-hydrogen) atoms. The summed E-state index contributed by atoms with van der Waals surface area (Å²) in [5, 5.41) is 7.14. The summed E-state index contributed by atoms with van der Waals surface area (Å²) in [6.45, 7) is 8.74. The second-order valence-corrected chi connectivity index (χ2v) is 8.29. The van der Waals surface area contributed by atoms with Gasteiger partial charge in [0.1, 0.15) is 0 Å². The minimum atomic E-state index is 0.657. The predicted molar refractivity (Wildman–Crippen MR) is 117 cm³/mol. The van der Waals surface area contributed by atoms with Crippen molar-refractivity contribution in [2.45, 2.75) is 32.1 Å². The van der Waals surface area contributed by atoms with Gasteiger partial charge in [0.15, 0.2) is 17.4 Å². The van der Waals surface area contributed by atoms with E-state index in [1.54, 1.807) is 14.2 Å². The van der Waals surface area contributed by atoms with Crippen molar-refractivity contribution < 1.29 is 14.2 Å². The highest BCUT2D eigenvalue weighted by Crippen LogP contribution is 2.36. The number of methoxy groups -OCH3 is 2. The predicted octanol–water partition coefficient (Wildman–Crippen LogP) is 2.27. The second kappa shape index (κ2) is 10.3. The van der Waals surface area contributed by atoms with Crippen molar-refractivity contribution in [3.63, 3.8) is 0 Å². The summed E-state index contributed by atoms with van der Waals surface area (Å²) in [7, 11) is 3.34. The van der Waals surface area contributed by atoms with Gasteiger partial charge in [-0.1, -0.05) is 0 Å². The Morgan fingerprint density at radius 3 is 2.13 bits per heavy atom. The smallest absolute Gasteiger partial charge is 0.204 e. The van der Waals surface area contributed by atoms with Gasteiger partial charge < -0.3 is 34.6 Å². The molecule has 7 nitrogen and oxygen atoms in total. The molecule has 2 N–H and O–H groups in total. The zero-order valence-electron chi connectivity index (χ0n) is 18.5. The van der Waals surface area contributed by atoms with Crippen molar-refractivity contribution in [1.82, 2.24) is 20.4 Å². The molecule has 0 amide bonds. The minimum absolute atomic E-state index is 0.657. The van der Waals surface area contributed by atoms with Gasteiger partial charge >= 0.3 is 0 Å². The number of ether oxygens (including phenoxy) is 3. The molecular formula is C23H36N4O3. The first-order chi connectivity index (χ1) is 14.8. The Kier molecular flexibility index (Phi) is 7.23. The summed E-state index contributed by atoms with van der Waals surface area (Å²) < 4.78 is 17.4. The normalized spacial score (nSPS) is 22.5. The fourth-order valence-corrected chi connectivity index (χ4v) is 4.64. The van der Waals surface area contributed by atoms with Gasteiger partial charge in [0.2, 0.25) is 5.76 Å². The molecule has 166 valence electrons. The van der Waals surface area contributed by atoms with E-state index in [0.717, 1.165) is 61.3 Å². The van der Waals surface area contributed by atoms with E-state index in [9.17, 15) is 0 Å². The molecule has 2 saturated heterocycles. The standard InChI is InChI=1S/C23H36N4O3/c1-28-20-8-7-18-19(24-9-15-26-11-3-4-12-26)17-21(30-22(18)23(20)29-2)25-10-16-27-13-5-6-14-27/h8,17,24-25H,3-7,9-16H2,1-2H3. The van der Waals surface area contributed by atoms with Crippen LogP contribution in [-0.2, 0) is 14.2 Å². The molecule has 0 spiro atoms. The third-order valence-electron chi connectivity index (χ3n) is 6.30. The molecule has 4 rings (SSSR count). The Hall–Kier alpha value is -2.12. The van der Waals surface area contributed by atoms with Crippen molar-refractivity contribution in [2.75, 3.05) is 66.6 Å². The monoisotopic (exact) mass is 416 g/mol. The molecular weight excluding hydrogens is 380 g/mol. The van der Waals surface area contributed by atoms with Crippen LogP contribution < -0.4 is 10.6 Å². The lowest BCUT2D eigenvalue weighted by atomic mass is 9.99. The summed E-state index contributed by atoms with van der Waals surface area (Å²) in [5.74, 6) is 2.91. The quantitative estimate of drug-likeness (QED) is 0.567. The molecule has 1 aliphatic carbocycles. The number of rotatable bonds is 10. The number of nitrogens with zero attached hydrogens (tertiary/aromatic N) is 2. The molecule has 3 aliphatic heterocycles. The van der Waals surface area contributed by atoms with E-state index in [0.29, 0.717) is 5.76 Å². The molecule has 0 aromatic carbocycles. The average Bonchev–Trinajstić information content (AvgIpc) is 3.47. The van der Waals surface area contributed by atoms with E-state index < -0.39 is 0 Å². The third kappa shape index (κ3) is 4.95. The molecule has 0 saturated carbocycles. The van der Waals surface area contributed by atoms with E-state index >= 15 is 0 Å². The van der Waals surface area contributed by atoms with Crippen LogP contribution >= 0.6 is 0 Å². The van der Waals surface area contributed by atoms with Gasteiger partial charge in [-0.2, -0.15) is 0 Å². The molecule has 3 heterocycles. The minimum Gasteiger partial charge on any atom is -0.493 e. The van der Waals surface area contributed by atoms with Crippen molar-refractivity contribution in [3.05, 3.63) is 46.6 Å². The van der Waals surface area contributed by atoms with E-state index in [1.807, 2.05) is 0 Å². The highest BCUT2D eigenvalue weighted by atomic mass is 16.5. The molecule has 2 fully saturated rings. The van der Waals surface area contributed by atoms with Crippen LogP contribution in [0.1, 0.15) is 32.1 Å². The van der Waals surface area contributed by atoms with Gasteiger partial charge in [0.25, 0.3) is 0 Å². The van der Waals surface area contributed by atoms with E-state index in [1.165, 1.54) is 51.9 Å². The summed E-state index contributed by atoms with van der Waals surface area (Å²) in [6.07, 6.45) is 10.2. The number of hydrogen-bond donors (Lipinski definition) is 2. The van der Waals surface area contributed by atoms with Crippen LogP contribution in [0.2, 0.25) is 0 Å². The summed E-state index contributed by atoms with van der Waals surface area (Å²) in [5.41, 5.74) is 2.24. The largest absolute Gasteiger partial charge is 0.493 e. The van der Waals surface area contributed by atoms with E-state index in [2.05, 4.69) is 32.6 Å². The number of likely N-dealkylation sites (tertiary alicyclic amines) is 2. The lowest BCUT2D eigenvalue weighted by Gasteiger charge is -2.29. The summed E-state index contributed by atoms with van der Waals surface area (Å²) in [6, 6.07) is 0. The topological polar surface area (TPSA) is 58.2 Å². The summed E-state index contributed by atoms with van der Waals surface area (Å²) >= 11 is 0. The molecule has 4 aliphatic rings. The molecule has 0 aromatic rings. The van der Waals surface area contributed by atoms with Gasteiger partial charge in [-0.3, -0.25) is 0 Å². The first kappa shape index (κ1) is 21.1. The molecule has 0 atom stereocenters. The molecule has 0 radical (unpaired) electrons. The highest BCUT2D eigenvalue weighted by molar-refractivity contribution is 5.49. The Morgan fingerprint density at radius 1 is 0.900 bits per heavy atom. The van der Waals surface area contributed by atoms with Crippen LogP contribution in [0.15, 0.2) is 46.6 Å². The molecule has 0 bridgehead atoms. The Labute approximate surface area is 180 Å². The van der Waals surface area contributed by atoms with Crippen LogP contribution in [0.25, 0.3) is 0 Å². The maximum atomic E-state index is 6.26. The van der Waals surface area contributed by atoms with Crippen molar-refractivity contribution >= 4 is 0 Å². The zero-order chi connectivity index (χ0) is 20.8. The number of fused-ring (bicyclic) bond motifs is 1. The van der Waals surface area contributed by atoms with Crippen LogP contribution in [-0.4, -0.2) is 76.4 Å². The van der Waals surface area contributed by atoms with Gasteiger partial charge in [-0.05, 0) is 57.9 Å². The molecule has 0 unspecified atom stereocenters. The number of nitrogens with one attached hydrogen (secondary N) is 2. The van der Waals surface area contributed by atoms with Crippen LogP contribution in [0.4, 0.5) is 0 Å². The SMILES string of the molecule is COC1=CCC2=C(NCCN3CCCC3)C=C(NCCN3CCCC3)OC2=C1OC. The van der Waals surface area contributed by atoms with Gasteiger partial charge in [-0.25, -0.2) is 0 Å². The Bertz CT molecular complexity index is 729. The zero-order valence-corrected chi connectivity index (χ0v) is 18.5. The first-order valence-corrected chi connectivity index (χ1v) is 11.4. The number of hydrogen-bond acceptors (Lipinski definition) is 7. The van der Waals surface area contributed by atoms with Crippen LogP contribution in [0.5, 0.6) is 0 Å². The van der Waals surface area contributed by atoms with Crippen LogP contribution in [0, 0.1) is 0 Å². The highest BCUT2D eigenvalue weighted by Gasteiger charge is 2.30. The molecule has 0 aromatic heterocycles. The lowest BCUT2D eigenvalue weighted by Crippen LogP contribution is -2.33. The van der Waals surface area contributed by atoms with Crippen molar-refractivity contribution in [3.8, 4) is 0 Å². The van der Waals surface area contributed by atoms with Gasteiger partial charge in [0.05, 0.1) is 14.2 Å². The average molecular weight is 417 g/mol. The Balaban J connectivity index is 1.46. The van der Waals surface area contributed by atoms with E-state index in [-0.39, 0.29) is 0 Å². The fourth-order valence-electron chi connectivity index (χ4n) is 4.64. The molecule has 7 heteroatoms. The van der Waals surface area contributed by atoms with E-state index in [4.69, 9.17) is 14.2 Å². The Morgan fingerprint density at radius 2 is 1.53 bits per heavy atom. The van der Waals surface area contributed by atoms with Crippen molar-refractivity contribution in [2.24, 2.45) is 0 Å². The third-order valence-corrected chi connectivity index (χ3v) is 6.30. The maximum absolute atomic E-state index is 6.26. The lowest BCUT2D eigenvalue weighted by molar-refractivity contribution is 0.179. The van der Waals surface area contributed by atoms with Crippen molar-refractivity contribution in [1.29, 1.82) is 0 Å². The van der Waals surface area contributed by atoms with Gasteiger partial charge in [-0.15, -0.1) is 0 Å².